The molecule has 0 unspecified atom stereocenters. The minimum atomic E-state index is -0.683. The van der Waals surface area contributed by atoms with Crippen molar-refractivity contribution in [2.45, 2.75) is 19.8 Å². The second-order valence-corrected chi connectivity index (χ2v) is 4.80. The van der Waals surface area contributed by atoms with Gasteiger partial charge in [0.25, 0.3) is 0 Å². The number of nitrogens with one attached hydrogen (secondary N) is 1. The molecule has 1 aromatic carbocycles. The first-order valence-corrected chi connectivity index (χ1v) is 5.74. The summed E-state index contributed by atoms with van der Waals surface area (Å²) in [4.78, 5) is 12.2. The first-order valence-electron chi connectivity index (χ1n) is 5.33. The van der Waals surface area contributed by atoms with Gasteiger partial charge in [0.1, 0.15) is 5.82 Å². The molecule has 0 heterocycles. The van der Waals surface area contributed by atoms with E-state index in [2.05, 4.69) is 5.32 Å². The minimum Gasteiger partial charge on any atom is -0.392 e. The fraction of sp³-hybridized carbons (Fsp3) is 0.333. The van der Waals surface area contributed by atoms with E-state index in [1.165, 1.54) is 12.1 Å². The van der Waals surface area contributed by atoms with Crippen molar-refractivity contribution in [2.24, 2.45) is 11.1 Å². The minimum absolute atomic E-state index is 0.198. The van der Waals surface area contributed by atoms with Crippen molar-refractivity contribution in [1.29, 1.82) is 0 Å². The highest BCUT2D eigenvalue weighted by Gasteiger charge is 2.52. The van der Waals surface area contributed by atoms with Crippen molar-refractivity contribution >= 4 is 28.8 Å². The Morgan fingerprint density at radius 3 is 2.65 bits per heavy atom. The molecule has 0 saturated heterocycles. The number of halogens is 1. The highest BCUT2D eigenvalue weighted by atomic mass is 32.1. The zero-order chi connectivity index (χ0) is 12.6. The lowest BCUT2D eigenvalue weighted by Crippen LogP contribution is -2.35. The van der Waals surface area contributed by atoms with E-state index in [4.69, 9.17) is 18.0 Å². The summed E-state index contributed by atoms with van der Waals surface area (Å²) in [6.07, 6.45) is 1.38. The number of hydrogen-bond acceptors (Lipinski definition) is 2. The zero-order valence-corrected chi connectivity index (χ0v) is 10.2. The molecule has 5 heteroatoms. The van der Waals surface area contributed by atoms with E-state index in [-0.39, 0.29) is 16.7 Å². The van der Waals surface area contributed by atoms with Crippen LogP contribution in [0.1, 0.15) is 18.4 Å². The lowest BCUT2D eigenvalue weighted by atomic mass is 10.1. The first-order chi connectivity index (χ1) is 7.95. The first kappa shape index (κ1) is 12.0. The van der Waals surface area contributed by atoms with Gasteiger partial charge in [0.05, 0.1) is 10.4 Å². The SMILES string of the molecule is Cc1cc(NC(=O)C2(C(N)=S)CC2)ccc1F. The van der Waals surface area contributed by atoms with Gasteiger partial charge in [-0.3, -0.25) is 4.79 Å². The van der Waals surface area contributed by atoms with E-state index >= 15 is 0 Å². The summed E-state index contributed by atoms with van der Waals surface area (Å²) in [5, 5.41) is 2.72. The highest BCUT2D eigenvalue weighted by Crippen LogP contribution is 2.46. The van der Waals surface area contributed by atoms with Crippen molar-refractivity contribution in [3.63, 3.8) is 0 Å². The molecule has 0 radical (unpaired) electrons. The van der Waals surface area contributed by atoms with Crippen molar-refractivity contribution in [2.75, 3.05) is 5.32 Å². The number of amides is 1. The van der Waals surface area contributed by atoms with Gasteiger partial charge in [-0.2, -0.15) is 0 Å². The molecular weight excluding hydrogens is 239 g/mol. The zero-order valence-electron chi connectivity index (χ0n) is 9.42. The van der Waals surface area contributed by atoms with Crippen molar-refractivity contribution in [3.05, 3.63) is 29.6 Å². The Hall–Kier alpha value is -1.49. The number of aryl methyl sites for hydroxylation is 1. The lowest BCUT2D eigenvalue weighted by molar-refractivity contribution is -0.118. The van der Waals surface area contributed by atoms with Crippen LogP contribution in [-0.4, -0.2) is 10.9 Å². The standard InChI is InChI=1S/C12H13FN2OS/c1-7-6-8(2-3-9(7)13)15-11(16)12(4-5-12)10(14)17/h2-3,6H,4-5H2,1H3,(H2,14,17)(H,15,16). The Balaban J connectivity index is 2.14. The Morgan fingerprint density at radius 2 is 2.18 bits per heavy atom. The van der Waals surface area contributed by atoms with Crippen LogP contribution in [0.25, 0.3) is 0 Å². The molecule has 0 spiro atoms. The second kappa shape index (κ2) is 4.07. The molecule has 2 rings (SSSR count). The molecule has 1 aromatic rings. The van der Waals surface area contributed by atoms with Crippen LogP contribution in [0.15, 0.2) is 18.2 Å². The monoisotopic (exact) mass is 252 g/mol. The molecule has 0 aliphatic heterocycles. The van der Waals surface area contributed by atoms with Gasteiger partial charge in [-0.15, -0.1) is 0 Å². The summed E-state index contributed by atoms with van der Waals surface area (Å²) in [6.45, 7) is 1.64. The van der Waals surface area contributed by atoms with Gasteiger partial charge in [0.2, 0.25) is 5.91 Å². The molecule has 90 valence electrons. The number of hydrogen-bond donors (Lipinski definition) is 2. The van der Waals surface area contributed by atoms with Gasteiger partial charge in [-0.25, -0.2) is 4.39 Å². The van der Waals surface area contributed by atoms with E-state index in [0.717, 1.165) is 0 Å². The molecule has 3 nitrogen and oxygen atoms in total. The quantitative estimate of drug-likeness (QED) is 0.810. The molecule has 0 bridgehead atoms. The van der Waals surface area contributed by atoms with E-state index in [9.17, 15) is 9.18 Å². The van der Waals surface area contributed by atoms with Gasteiger partial charge in [0, 0.05) is 5.69 Å². The van der Waals surface area contributed by atoms with Crippen LogP contribution in [-0.2, 0) is 4.79 Å². The normalized spacial score (nSPS) is 16.4. The summed E-state index contributed by atoms with van der Waals surface area (Å²) in [5.74, 6) is -0.491. The predicted molar refractivity (Wildman–Crippen MR) is 68.2 cm³/mol. The van der Waals surface area contributed by atoms with Gasteiger partial charge in [-0.05, 0) is 43.5 Å². The molecule has 1 aliphatic rings. The van der Waals surface area contributed by atoms with Crippen LogP contribution >= 0.6 is 12.2 Å². The Morgan fingerprint density at radius 1 is 1.53 bits per heavy atom. The number of carbonyl (C=O) groups is 1. The predicted octanol–water partition coefficient (Wildman–Crippen LogP) is 2.14. The van der Waals surface area contributed by atoms with Gasteiger partial charge < -0.3 is 11.1 Å². The number of carbonyl (C=O) groups excluding carboxylic acids is 1. The lowest BCUT2D eigenvalue weighted by Gasteiger charge is -2.13. The molecular formula is C12H13FN2OS. The van der Waals surface area contributed by atoms with Crippen molar-refractivity contribution in [3.8, 4) is 0 Å². The largest absolute Gasteiger partial charge is 0.392 e. The van der Waals surface area contributed by atoms with Crippen LogP contribution < -0.4 is 11.1 Å². The van der Waals surface area contributed by atoms with Gasteiger partial charge in [0.15, 0.2) is 0 Å². The molecule has 3 N–H and O–H groups in total. The summed E-state index contributed by atoms with van der Waals surface area (Å²) < 4.78 is 13.1. The van der Waals surface area contributed by atoms with Crippen molar-refractivity contribution < 1.29 is 9.18 Å². The third-order valence-corrected chi connectivity index (χ3v) is 3.46. The summed E-state index contributed by atoms with van der Waals surface area (Å²) in [5.41, 5.74) is 5.92. The number of anilines is 1. The number of rotatable bonds is 3. The average molecular weight is 252 g/mol. The number of benzene rings is 1. The third-order valence-electron chi connectivity index (χ3n) is 3.07. The third kappa shape index (κ3) is 2.15. The number of thiocarbonyl (C=S) groups is 1. The molecule has 1 aliphatic carbocycles. The van der Waals surface area contributed by atoms with Crippen LogP contribution in [0.3, 0.4) is 0 Å². The molecule has 1 fully saturated rings. The maximum absolute atomic E-state index is 13.1. The van der Waals surface area contributed by atoms with E-state index in [1.807, 2.05) is 0 Å². The smallest absolute Gasteiger partial charge is 0.237 e. The average Bonchev–Trinajstić information content (AvgIpc) is 3.04. The maximum Gasteiger partial charge on any atom is 0.237 e. The van der Waals surface area contributed by atoms with Gasteiger partial charge >= 0.3 is 0 Å². The molecule has 1 amide bonds. The molecule has 0 atom stereocenters. The van der Waals surface area contributed by atoms with Crippen molar-refractivity contribution in [1.82, 2.24) is 0 Å². The Kier molecular flexibility index (Phi) is 2.87. The summed E-state index contributed by atoms with van der Waals surface area (Å²) in [7, 11) is 0. The van der Waals surface area contributed by atoms with Crippen LogP contribution in [0, 0.1) is 18.2 Å². The van der Waals surface area contributed by atoms with Crippen LogP contribution in [0.2, 0.25) is 0 Å². The fourth-order valence-corrected chi connectivity index (χ4v) is 1.98. The van der Waals surface area contributed by atoms with Gasteiger partial charge in [-0.1, -0.05) is 12.2 Å². The fourth-order valence-electron chi connectivity index (χ4n) is 1.68. The van der Waals surface area contributed by atoms with E-state index in [1.54, 1.807) is 13.0 Å². The van der Waals surface area contributed by atoms with E-state index < -0.39 is 5.41 Å². The second-order valence-electron chi connectivity index (χ2n) is 4.36. The molecule has 0 aromatic heterocycles. The maximum atomic E-state index is 13.1. The Bertz CT molecular complexity index is 497. The van der Waals surface area contributed by atoms with Crippen LogP contribution in [0.4, 0.5) is 10.1 Å². The summed E-state index contributed by atoms with van der Waals surface area (Å²) in [6, 6.07) is 4.43. The molecule has 1 saturated carbocycles. The highest BCUT2D eigenvalue weighted by molar-refractivity contribution is 7.80. The van der Waals surface area contributed by atoms with E-state index in [0.29, 0.717) is 24.1 Å². The Labute approximate surface area is 104 Å². The summed E-state index contributed by atoms with van der Waals surface area (Å²) >= 11 is 4.89. The number of nitrogens with two attached hydrogens (primary N) is 1. The van der Waals surface area contributed by atoms with Crippen LogP contribution in [0.5, 0.6) is 0 Å². The topological polar surface area (TPSA) is 55.1 Å². The molecule has 17 heavy (non-hydrogen) atoms.